The Morgan fingerprint density at radius 2 is 2.21 bits per heavy atom. The third-order valence-corrected chi connectivity index (χ3v) is 2.41. The molecule has 0 aromatic rings. The summed E-state index contributed by atoms with van der Waals surface area (Å²) in [6.07, 6.45) is 8.35. The summed E-state index contributed by atoms with van der Waals surface area (Å²) in [5, 5.41) is 12.1. The summed E-state index contributed by atoms with van der Waals surface area (Å²) in [6, 6.07) is 0. The molecule has 1 atom stereocenters. The number of hydrogen-bond donors (Lipinski definition) is 1. The van der Waals surface area contributed by atoms with Crippen molar-refractivity contribution in [3.63, 3.8) is 0 Å². The molecule has 0 spiro atoms. The third-order valence-electron chi connectivity index (χ3n) is 2.41. The van der Waals surface area contributed by atoms with Crippen LogP contribution in [0.3, 0.4) is 0 Å². The molecule has 0 radical (unpaired) electrons. The van der Waals surface area contributed by atoms with Gasteiger partial charge in [0.15, 0.2) is 0 Å². The van der Waals surface area contributed by atoms with Gasteiger partial charge in [-0.15, -0.1) is 6.58 Å². The van der Waals surface area contributed by atoms with Crippen molar-refractivity contribution in [1.29, 1.82) is 0 Å². The molecular formula is C11H19NO2. The highest BCUT2D eigenvalue weighted by Crippen LogP contribution is 2.17. The maximum Gasteiger partial charge on any atom is 0.0810 e. The van der Waals surface area contributed by atoms with Gasteiger partial charge >= 0.3 is 0 Å². The van der Waals surface area contributed by atoms with Gasteiger partial charge in [-0.25, -0.2) is 0 Å². The van der Waals surface area contributed by atoms with E-state index in [1.165, 1.54) is 0 Å². The average molecular weight is 197 g/mol. The summed E-state index contributed by atoms with van der Waals surface area (Å²) in [5.74, 6) is 0. The number of hydrogen-bond acceptors (Lipinski definition) is 3. The maximum absolute atomic E-state index is 8.74. The lowest BCUT2D eigenvalue weighted by molar-refractivity contribution is 0.315. The van der Waals surface area contributed by atoms with Crippen LogP contribution >= 0.6 is 0 Å². The second-order valence-corrected chi connectivity index (χ2v) is 3.69. The van der Waals surface area contributed by atoms with Crippen LogP contribution < -0.4 is 0 Å². The van der Waals surface area contributed by atoms with Crippen molar-refractivity contribution >= 4 is 5.71 Å². The van der Waals surface area contributed by atoms with Crippen LogP contribution in [0.15, 0.2) is 17.8 Å². The van der Waals surface area contributed by atoms with Gasteiger partial charge in [0.05, 0.1) is 18.4 Å². The number of ether oxygens (including phenoxy) is 1. The van der Waals surface area contributed by atoms with Crippen LogP contribution in [0.1, 0.15) is 38.5 Å². The lowest BCUT2D eigenvalue weighted by Crippen LogP contribution is -1.99. The summed E-state index contributed by atoms with van der Waals surface area (Å²) in [7, 11) is 0. The van der Waals surface area contributed by atoms with E-state index in [2.05, 4.69) is 11.7 Å². The molecule has 1 fully saturated rings. The van der Waals surface area contributed by atoms with Gasteiger partial charge in [0.1, 0.15) is 0 Å². The minimum atomic E-state index is 0.489. The molecule has 1 rings (SSSR count). The number of oxime groups is 1. The molecular weight excluding hydrogens is 178 g/mol. The van der Waals surface area contributed by atoms with Gasteiger partial charge < -0.3 is 9.94 Å². The molecule has 3 heteroatoms. The van der Waals surface area contributed by atoms with Gasteiger partial charge in [0.25, 0.3) is 0 Å². The Bertz CT molecular complexity index is 197. The summed E-state index contributed by atoms with van der Waals surface area (Å²) in [4.78, 5) is 0. The molecule has 3 nitrogen and oxygen atoms in total. The fourth-order valence-corrected chi connectivity index (χ4v) is 1.44. The zero-order chi connectivity index (χ0) is 10.2. The second kappa shape index (κ2) is 6.60. The summed E-state index contributed by atoms with van der Waals surface area (Å²) in [6.45, 7) is 4.58. The van der Waals surface area contributed by atoms with Gasteiger partial charge in [-0.05, 0) is 38.5 Å². The van der Waals surface area contributed by atoms with Gasteiger partial charge in [-0.3, -0.25) is 0 Å². The third kappa shape index (κ3) is 5.02. The highest BCUT2D eigenvalue weighted by molar-refractivity contribution is 5.83. The van der Waals surface area contributed by atoms with Crippen molar-refractivity contribution in [1.82, 2.24) is 0 Å². The number of unbranched alkanes of at least 4 members (excludes halogenated alkanes) is 1. The summed E-state index contributed by atoms with van der Waals surface area (Å²) >= 11 is 0. The maximum atomic E-state index is 8.74. The zero-order valence-corrected chi connectivity index (χ0v) is 8.61. The smallest absolute Gasteiger partial charge is 0.0810 e. The van der Waals surface area contributed by atoms with E-state index in [9.17, 15) is 0 Å². The first-order valence-corrected chi connectivity index (χ1v) is 5.29. The van der Waals surface area contributed by atoms with Crippen molar-refractivity contribution in [2.75, 3.05) is 6.61 Å². The normalized spacial score (nSPS) is 20.9. The Balaban J connectivity index is 2.01. The van der Waals surface area contributed by atoms with E-state index in [1.54, 1.807) is 0 Å². The molecule has 0 bridgehead atoms. The highest BCUT2D eigenvalue weighted by Gasteiger charge is 2.21. The van der Waals surface area contributed by atoms with Gasteiger partial charge in [0.2, 0.25) is 0 Å². The molecule has 1 aliphatic heterocycles. The molecule has 1 N–H and O–H groups in total. The van der Waals surface area contributed by atoms with E-state index in [0.29, 0.717) is 6.10 Å². The van der Waals surface area contributed by atoms with Crippen LogP contribution in [0.25, 0.3) is 0 Å². The number of allylic oxidation sites excluding steroid dienone is 1. The first-order valence-electron chi connectivity index (χ1n) is 5.29. The first kappa shape index (κ1) is 11.2. The van der Waals surface area contributed by atoms with E-state index < -0.39 is 0 Å². The van der Waals surface area contributed by atoms with Crippen LogP contribution in [0.2, 0.25) is 0 Å². The molecule has 80 valence electrons. The van der Waals surface area contributed by atoms with Crippen LogP contribution in [0, 0.1) is 0 Å². The van der Waals surface area contributed by atoms with Crippen LogP contribution in [0.5, 0.6) is 0 Å². The van der Waals surface area contributed by atoms with Crippen LogP contribution in [-0.2, 0) is 4.74 Å². The van der Waals surface area contributed by atoms with Crippen LogP contribution in [0.4, 0.5) is 0 Å². The van der Waals surface area contributed by atoms with Gasteiger partial charge in [-0.2, -0.15) is 0 Å². The minimum absolute atomic E-state index is 0.489. The monoisotopic (exact) mass is 197 g/mol. The lowest BCUT2D eigenvalue weighted by Gasteiger charge is -2.02. The zero-order valence-electron chi connectivity index (χ0n) is 8.61. The Morgan fingerprint density at radius 1 is 1.50 bits per heavy atom. The Labute approximate surface area is 85.5 Å². The topological polar surface area (TPSA) is 45.1 Å². The predicted molar refractivity (Wildman–Crippen MR) is 56.9 cm³/mol. The summed E-state index contributed by atoms with van der Waals surface area (Å²) < 4.78 is 5.11. The van der Waals surface area contributed by atoms with E-state index in [1.807, 2.05) is 6.08 Å². The van der Waals surface area contributed by atoms with Crippen molar-refractivity contribution in [2.45, 2.75) is 44.6 Å². The van der Waals surface area contributed by atoms with Crippen LogP contribution in [-0.4, -0.2) is 23.6 Å². The number of nitrogens with zero attached hydrogens (tertiary/aromatic N) is 1. The van der Waals surface area contributed by atoms with Crippen molar-refractivity contribution in [3.05, 3.63) is 12.7 Å². The molecule has 0 aromatic heterocycles. The first-order chi connectivity index (χ1) is 6.86. The fourth-order valence-electron chi connectivity index (χ4n) is 1.44. The van der Waals surface area contributed by atoms with E-state index in [4.69, 9.17) is 9.94 Å². The molecule has 1 aliphatic rings. The lowest BCUT2D eigenvalue weighted by atomic mass is 10.1. The standard InChI is InChI=1S/C11H19NO2/c1-2-3-4-6-10(12-13)7-5-8-11-9-14-11/h2,11,13H,1,3-9H2/b12-10+. The highest BCUT2D eigenvalue weighted by atomic mass is 16.6. The minimum Gasteiger partial charge on any atom is -0.411 e. The molecule has 1 unspecified atom stereocenters. The van der Waals surface area contributed by atoms with Crippen molar-refractivity contribution in [2.24, 2.45) is 5.16 Å². The molecule has 0 aliphatic carbocycles. The predicted octanol–water partition coefficient (Wildman–Crippen LogP) is 2.74. The summed E-state index contributed by atoms with van der Waals surface area (Å²) in [5.41, 5.74) is 0.910. The average Bonchev–Trinajstić information content (AvgIpc) is 2.99. The molecule has 0 amide bonds. The molecule has 0 aromatic carbocycles. The number of rotatable bonds is 8. The molecule has 1 saturated heterocycles. The van der Waals surface area contributed by atoms with Gasteiger partial charge in [-0.1, -0.05) is 11.2 Å². The van der Waals surface area contributed by atoms with E-state index >= 15 is 0 Å². The Morgan fingerprint density at radius 3 is 2.79 bits per heavy atom. The SMILES string of the molecule is C=CCCC/C(CCCC1CO1)=N\O. The Kier molecular flexibility index (Phi) is 5.30. The quantitative estimate of drug-likeness (QED) is 0.162. The van der Waals surface area contributed by atoms with Crippen molar-refractivity contribution in [3.8, 4) is 0 Å². The molecule has 14 heavy (non-hydrogen) atoms. The van der Waals surface area contributed by atoms with Gasteiger partial charge in [0, 0.05) is 0 Å². The fraction of sp³-hybridized carbons (Fsp3) is 0.727. The second-order valence-electron chi connectivity index (χ2n) is 3.69. The van der Waals surface area contributed by atoms with E-state index in [-0.39, 0.29) is 0 Å². The molecule has 1 heterocycles. The number of epoxide rings is 1. The largest absolute Gasteiger partial charge is 0.411 e. The van der Waals surface area contributed by atoms with E-state index in [0.717, 1.165) is 50.8 Å². The Hall–Kier alpha value is -0.830. The molecule has 0 saturated carbocycles. The van der Waals surface area contributed by atoms with Crippen molar-refractivity contribution < 1.29 is 9.94 Å².